The molecule has 0 atom stereocenters. The van der Waals surface area contributed by atoms with Crippen LogP contribution in [-0.2, 0) is 5.41 Å². The summed E-state index contributed by atoms with van der Waals surface area (Å²) >= 11 is 3.39. The topological polar surface area (TPSA) is 58.2 Å². The van der Waals surface area contributed by atoms with Crippen LogP contribution in [-0.4, -0.2) is 11.9 Å². The van der Waals surface area contributed by atoms with Crippen molar-refractivity contribution >= 4 is 33.6 Å². The van der Waals surface area contributed by atoms with Crippen LogP contribution in [0.4, 0.5) is 10.5 Å². The van der Waals surface area contributed by atoms with E-state index in [2.05, 4.69) is 47.3 Å². The second kappa shape index (κ2) is 7.18. The number of amides is 3. The summed E-state index contributed by atoms with van der Waals surface area (Å²) in [5.41, 5.74) is 3.27. The summed E-state index contributed by atoms with van der Waals surface area (Å²) in [6, 6.07) is 12.3. The molecule has 24 heavy (non-hydrogen) atoms. The molecule has 0 saturated carbocycles. The fraction of sp³-hybridized carbons (Fsp3) is 0.263. The zero-order chi connectivity index (χ0) is 17.9. The number of nitrogens with one attached hydrogen (secondary N) is 2. The van der Waals surface area contributed by atoms with Crippen molar-refractivity contribution in [1.82, 2.24) is 5.32 Å². The Morgan fingerprint density at radius 3 is 2.17 bits per heavy atom. The van der Waals surface area contributed by atoms with E-state index >= 15 is 0 Å². The number of benzene rings is 2. The van der Waals surface area contributed by atoms with E-state index in [4.69, 9.17) is 0 Å². The Morgan fingerprint density at radius 2 is 1.62 bits per heavy atom. The van der Waals surface area contributed by atoms with Crippen LogP contribution in [0.2, 0.25) is 0 Å². The summed E-state index contributed by atoms with van der Waals surface area (Å²) in [6.45, 7) is 8.28. The molecule has 0 aliphatic heterocycles. The van der Waals surface area contributed by atoms with Crippen LogP contribution >= 0.6 is 15.9 Å². The molecule has 0 spiro atoms. The number of aryl methyl sites for hydroxylation is 1. The molecule has 2 rings (SSSR count). The van der Waals surface area contributed by atoms with Crippen molar-refractivity contribution < 1.29 is 9.59 Å². The predicted molar refractivity (Wildman–Crippen MR) is 101 cm³/mol. The van der Waals surface area contributed by atoms with Crippen LogP contribution in [0.5, 0.6) is 0 Å². The van der Waals surface area contributed by atoms with Gasteiger partial charge in [0.25, 0.3) is 5.91 Å². The molecule has 0 saturated heterocycles. The lowest BCUT2D eigenvalue weighted by molar-refractivity contribution is 0.0967. The number of hydrogen-bond acceptors (Lipinski definition) is 2. The lowest BCUT2D eigenvalue weighted by atomic mass is 9.87. The van der Waals surface area contributed by atoms with Gasteiger partial charge in [0.2, 0.25) is 0 Å². The zero-order valence-electron chi connectivity index (χ0n) is 14.2. The Morgan fingerprint density at radius 1 is 1.00 bits per heavy atom. The highest BCUT2D eigenvalue weighted by Crippen LogP contribution is 2.23. The van der Waals surface area contributed by atoms with Crippen molar-refractivity contribution in [1.29, 1.82) is 0 Å². The van der Waals surface area contributed by atoms with Gasteiger partial charge in [-0.25, -0.2) is 4.79 Å². The van der Waals surface area contributed by atoms with Gasteiger partial charge in [-0.3, -0.25) is 10.1 Å². The van der Waals surface area contributed by atoms with Crippen molar-refractivity contribution in [3.63, 3.8) is 0 Å². The molecule has 0 radical (unpaired) electrons. The van der Waals surface area contributed by atoms with Crippen LogP contribution in [0, 0.1) is 6.92 Å². The summed E-state index contributed by atoms with van der Waals surface area (Å²) in [6.07, 6.45) is 0. The molecular weight excluding hydrogens is 368 g/mol. The van der Waals surface area contributed by atoms with Gasteiger partial charge in [-0.1, -0.05) is 39.0 Å². The van der Waals surface area contributed by atoms with Gasteiger partial charge in [0.1, 0.15) is 0 Å². The van der Waals surface area contributed by atoms with Gasteiger partial charge in [-0.2, -0.15) is 0 Å². The van der Waals surface area contributed by atoms with Crippen molar-refractivity contribution in [3.05, 3.63) is 63.6 Å². The lowest BCUT2D eigenvalue weighted by Crippen LogP contribution is -2.34. The van der Waals surface area contributed by atoms with E-state index in [1.807, 2.05) is 31.2 Å². The number of hydrogen-bond donors (Lipinski definition) is 2. The van der Waals surface area contributed by atoms with Gasteiger partial charge in [-0.15, -0.1) is 0 Å². The maximum atomic E-state index is 12.2. The highest BCUT2D eigenvalue weighted by atomic mass is 79.9. The molecule has 2 aromatic carbocycles. The highest BCUT2D eigenvalue weighted by Gasteiger charge is 2.15. The number of carbonyl (C=O) groups is 2. The molecule has 0 aliphatic rings. The Balaban J connectivity index is 2.02. The summed E-state index contributed by atoms with van der Waals surface area (Å²) in [5.74, 6) is -0.434. The molecule has 2 aromatic rings. The summed E-state index contributed by atoms with van der Waals surface area (Å²) in [5, 5.41) is 4.99. The highest BCUT2D eigenvalue weighted by molar-refractivity contribution is 9.10. The van der Waals surface area contributed by atoms with Crippen molar-refractivity contribution in [2.45, 2.75) is 33.1 Å². The van der Waals surface area contributed by atoms with Crippen molar-refractivity contribution in [3.8, 4) is 0 Å². The van der Waals surface area contributed by atoms with Gasteiger partial charge in [0.15, 0.2) is 0 Å². The largest absolute Gasteiger partial charge is 0.326 e. The number of urea groups is 1. The fourth-order valence-corrected chi connectivity index (χ4v) is 2.76. The Labute approximate surface area is 150 Å². The van der Waals surface area contributed by atoms with Crippen LogP contribution < -0.4 is 10.6 Å². The molecule has 2 N–H and O–H groups in total. The average molecular weight is 389 g/mol. The lowest BCUT2D eigenvalue weighted by Gasteiger charge is -2.19. The average Bonchev–Trinajstić information content (AvgIpc) is 2.49. The summed E-state index contributed by atoms with van der Waals surface area (Å²) in [7, 11) is 0. The molecule has 0 aromatic heterocycles. The first-order valence-electron chi connectivity index (χ1n) is 7.66. The molecule has 4 nitrogen and oxygen atoms in total. The normalized spacial score (nSPS) is 11.0. The molecule has 0 unspecified atom stereocenters. The first-order valence-corrected chi connectivity index (χ1v) is 8.45. The summed E-state index contributed by atoms with van der Waals surface area (Å²) in [4.78, 5) is 24.2. The second-order valence-electron chi connectivity index (χ2n) is 6.72. The molecule has 0 aliphatic carbocycles. The van der Waals surface area contributed by atoms with E-state index in [1.165, 1.54) is 0 Å². The second-order valence-corrected chi connectivity index (χ2v) is 7.57. The van der Waals surface area contributed by atoms with Crippen LogP contribution in [0.15, 0.2) is 46.9 Å². The number of carbonyl (C=O) groups excluding carboxylic acids is 2. The molecule has 126 valence electrons. The molecular formula is C19H21BrN2O2. The minimum atomic E-state index is -0.565. The minimum Gasteiger partial charge on any atom is -0.307 e. The van der Waals surface area contributed by atoms with Crippen LogP contribution in [0.25, 0.3) is 0 Å². The number of imide groups is 1. The first-order chi connectivity index (χ1) is 11.2. The van der Waals surface area contributed by atoms with E-state index in [-0.39, 0.29) is 5.41 Å². The van der Waals surface area contributed by atoms with E-state index in [0.717, 1.165) is 15.6 Å². The van der Waals surface area contributed by atoms with Crippen LogP contribution in [0.1, 0.15) is 42.3 Å². The Kier molecular flexibility index (Phi) is 5.44. The molecule has 3 amide bonds. The van der Waals surface area contributed by atoms with Crippen molar-refractivity contribution in [2.24, 2.45) is 0 Å². The molecule has 0 heterocycles. The maximum Gasteiger partial charge on any atom is 0.326 e. The minimum absolute atomic E-state index is 0.0180. The monoisotopic (exact) mass is 388 g/mol. The third kappa shape index (κ3) is 4.68. The van der Waals surface area contributed by atoms with E-state index < -0.39 is 11.9 Å². The van der Waals surface area contributed by atoms with E-state index in [1.54, 1.807) is 18.2 Å². The van der Waals surface area contributed by atoms with E-state index in [9.17, 15) is 9.59 Å². The van der Waals surface area contributed by atoms with Crippen molar-refractivity contribution in [2.75, 3.05) is 5.32 Å². The third-order valence-corrected chi connectivity index (χ3v) is 4.27. The zero-order valence-corrected chi connectivity index (χ0v) is 15.8. The molecule has 0 bridgehead atoms. The Hall–Kier alpha value is -2.14. The number of halogens is 1. The smallest absolute Gasteiger partial charge is 0.307 e. The van der Waals surface area contributed by atoms with Gasteiger partial charge in [0, 0.05) is 10.0 Å². The number of rotatable bonds is 2. The Bertz CT molecular complexity index is 762. The first kappa shape index (κ1) is 18.2. The fourth-order valence-electron chi connectivity index (χ4n) is 2.17. The molecule has 5 heteroatoms. The van der Waals surface area contributed by atoms with Gasteiger partial charge < -0.3 is 5.32 Å². The van der Waals surface area contributed by atoms with Gasteiger partial charge >= 0.3 is 6.03 Å². The number of anilines is 1. The predicted octanol–water partition coefficient (Wildman–Crippen LogP) is 5.02. The van der Waals surface area contributed by atoms with Gasteiger partial charge in [-0.05, 0) is 63.7 Å². The maximum absolute atomic E-state index is 12.2. The molecule has 0 fully saturated rings. The SMILES string of the molecule is Cc1ccc(NC(=O)NC(=O)c2ccc(C(C)(C)C)cc2)c(Br)c1. The summed E-state index contributed by atoms with van der Waals surface area (Å²) < 4.78 is 0.764. The quantitative estimate of drug-likeness (QED) is 0.758. The third-order valence-electron chi connectivity index (χ3n) is 3.61. The van der Waals surface area contributed by atoms with Gasteiger partial charge in [0.05, 0.1) is 5.69 Å². The van der Waals surface area contributed by atoms with E-state index in [0.29, 0.717) is 11.3 Å². The standard InChI is InChI=1S/C19H21BrN2O2/c1-12-5-10-16(15(20)11-12)21-18(24)22-17(23)13-6-8-14(9-7-13)19(2,3)4/h5-11H,1-4H3,(H2,21,22,23,24). The van der Waals surface area contributed by atoms with Crippen LogP contribution in [0.3, 0.4) is 0 Å².